The van der Waals surface area contributed by atoms with Gasteiger partial charge in [0.2, 0.25) is 0 Å². The van der Waals surface area contributed by atoms with Gasteiger partial charge in [-0.15, -0.1) is 0 Å². The molecular weight excluding hydrogens is 352 g/mol. The minimum absolute atomic E-state index is 0.400. The molecule has 2 aromatic rings. The van der Waals surface area contributed by atoms with E-state index < -0.39 is 0 Å². The second-order valence-corrected chi connectivity index (χ2v) is 8.58. The first-order chi connectivity index (χ1) is 14.3. The number of anilines is 2. The van der Waals surface area contributed by atoms with E-state index in [0.29, 0.717) is 18.0 Å². The van der Waals surface area contributed by atoms with Crippen LogP contribution in [0.4, 0.5) is 11.4 Å². The Morgan fingerprint density at radius 2 is 1.90 bits per heavy atom. The van der Waals surface area contributed by atoms with Gasteiger partial charge in [-0.1, -0.05) is 72.4 Å². The van der Waals surface area contributed by atoms with Crippen LogP contribution in [0.3, 0.4) is 0 Å². The summed E-state index contributed by atoms with van der Waals surface area (Å²) in [5.74, 6) is 0.417. The lowest BCUT2D eigenvalue weighted by Gasteiger charge is -2.36. The van der Waals surface area contributed by atoms with E-state index in [1.54, 1.807) is 0 Å². The number of hydrogen-bond donors (Lipinski definition) is 0. The Hall–Kier alpha value is -3.00. The number of rotatable bonds is 2. The third kappa shape index (κ3) is 2.62. The SMILES string of the molecule is Cc1ccc2c(c1)CCN2C1=CC2c3ccccc3N(C3C=CC=CC3)C2C=C1. The largest absolute Gasteiger partial charge is 0.357 e. The van der Waals surface area contributed by atoms with Gasteiger partial charge < -0.3 is 9.80 Å². The fourth-order valence-corrected chi connectivity index (χ4v) is 5.51. The van der Waals surface area contributed by atoms with Gasteiger partial charge >= 0.3 is 0 Å². The van der Waals surface area contributed by atoms with Crippen molar-refractivity contribution in [3.8, 4) is 0 Å². The van der Waals surface area contributed by atoms with E-state index in [4.69, 9.17) is 0 Å². The van der Waals surface area contributed by atoms with Crippen LogP contribution in [0.2, 0.25) is 0 Å². The number of nitrogens with zero attached hydrogens (tertiary/aromatic N) is 2. The molecule has 144 valence electrons. The van der Waals surface area contributed by atoms with Crippen LogP contribution in [0, 0.1) is 6.92 Å². The van der Waals surface area contributed by atoms with Crippen molar-refractivity contribution in [3.63, 3.8) is 0 Å². The average molecular weight is 379 g/mol. The van der Waals surface area contributed by atoms with Crippen molar-refractivity contribution in [2.24, 2.45) is 0 Å². The van der Waals surface area contributed by atoms with Crippen LogP contribution in [0.15, 0.2) is 90.7 Å². The van der Waals surface area contributed by atoms with E-state index in [9.17, 15) is 0 Å². The Morgan fingerprint density at radius 3 is 2.79 bits per heavy atom. The molecule has 2 heterocycles. The summed E-state index contributed by atoms with van der Waals surface area (Å²) in [6.07, 6.45) is 18.5. The van der Waals surface area contributed by atoms with Crippen molar-refractivity contribution in [1.82, 2.24) is 0 Å². The molecule has 0 bridgehead atoms. The number of benzene rings is 2. The summed E-state index contributed by atoms with van der Waals surface area (Å²) in [5.41, 5.74) is 8.43. The van der Waals surface area contributed by atoms with Crippen LogP contribution >= 0.6 is 0 Å². The second-order valence-electron chi connectivity index (χ2n) is 8.58. The highest BCUT2D eigenvalue weighted by atomic mass is 15.2. The molecule has 4 aliphatic rings. The molecule has 0 saturated heterocycles. The average Bonchev–Trinajstić information content (AvgIpc) is 3.32. The van der Waals surface area contributed by atoms with E-state index in [2.05, 4.69) is 102 Å². The van der Waals surface area contributed by atoms with E-state index in [-0.39, 0.29) is 0 Å². The molecule has 2 aliphatic heterocycles. The normalized spacial score (nSPS) is 26.4. The predicted octanol–water partition coefficient (Wildman–Crippen LogP) is 5.67. The van der Waals surface area contributed by atoms with E-state index >= 15 is 0 Å². The molecule has 0 N–H and O–H groups in total. The van der Waals surface area contributed by atoms with Gasteiger partial charge in [0, 0.05) is 29.5 Å². The summed E-state index contributed by atoms with van der Waals surface area (Å²) in [6, 6.07) is 16.7. The van der Waals surface area contributed by atoms with Gasteiger partial charge in [-0.2, -0.15) is 0 Å². The van der Waals surface area contributed by atoms with Crippen LogP contribution < -0.4 is 9.80 Å². The molecular formula is C27H26N2. The van der Waals surface area contributed by atoms with Gasteiger partial charge in [0.1, 0.15) is 0 Å². The predicted molar refractivity (Wildman–Crippen MR) is 122 cm³/mol. The van der Waals surface area contributed by atoms with Gasteiger partial charge in [0.05, 0.1) is 12.1 Å². The van der Waals surface area contributed by atoms with Crippen LogP contribution in [-0.4, -0.2) is 18.6 Å². The number of fused-ring (bicyclic) bond motifs is 4. The lowest BCUT2D eigenvalue weighted by molar-refractivity contribution is 0.610. The highest BCUT2D eigenvalue weighted by Crippen LogP contribution is 2.47. The number of hydrogen-bond acceptors (Lipinski definition) is 2. The molecule has 0 fully saturated rings. The zero-order chi connectivity index (χ0) is 19.4. The van der Waals surface area contributed by atoms with Crippen molar-refractivity contribution in [2.75, 3.05) is 16.3 Å². The molecule has 2 nitrogen and oxygen atoms in total. The minimum Gasteiger partial charge on any atom is -0.357 e. The minimum atomic E-state index is 0.400. The zero-order valence-electron chi connectivity index (χ0n) is 16.8. The Bertz CT molecular complexity index is 1090. The standard InChI is InChI=1S/C27H26N2/c1-19-11-13-25-20(17-19)15-16-28(25)22-12-14-27-24(18-22)23-9-5-6-10-26(23)29(27)21-7-3-2-4-8-21/h2-7,9-14,17-18,21,24,27H,8,15-16H2,1H3. The quantitative estimate of drug-likeness (QED) is 0.664. The topological polar surface area (TPSA) is 6.48 Å². The number of para-hydroxylation sites is 1. The number of allylic oxidation sites excluding steroid dienone is 3. The van der Waals surface area contributed by atoms with Crippen molar-refractivity contribution < 1.29 is 0 Å². The maximum absolute atomic E-state index is 2.63. The first kappa shape index (κ1) is 16.9. The van der Waals surface area contributed by atoms with E-state index in [0.717, 1.165) is 19.4 Å². The van der Waals surface area contributed by atoms with Gasteiger partial charge in [-0.05, 0) is 49.1 Å². The lowest BCUT2D eigenvalue weighted by Crippen LogP contribution is -2.41. The maximum Gasteiger partial charge on any atom is 0.0588 e. The first-order valence-corrected chi connectivity index (χ1v) is 10.8. The molecule has 3 atom stereocenters. The van der Waals surface area contributed by atoms with Crippen molar-refractivity contribution in [2.45, 2.75) is 37.8 Å². The molecule has 6 rings (SSSR count). The van der Waals surface area contributed by atoms with Crippen LogP contribution in [-0.2, 0) is 6.42 Å². The molecule has 0 saturated carbocycles. The zero-order valence-corrected chi connectivity index (χ0v) is 16.8. The first-order valence-electron chi connectivity index (χ1n) is 10.8. The lowest BCUT2D eigenvalue weighted by atomic mass is 9.89. The van der Waals surface area contributed by atoms with Crippen LogP contribution in [0.1, 0.15) is 29.0 Å². The molecule has 0 radical (unpaired) electrons. The van der Waals surface area contributed by atoms with Gasteiger partial charge in [-0.25, -0.2) is 0 Å². The fraction of sp³-hybridized carbons (Fsp3) is 0.259. The molecule has 0 amide bonds. The molecule has 29 heavy (non-hydrogen) atoms. The van der Waals surface area contributed by atoms with Crippen LogP contribution in [0.25, 0.3) is 0 Å². The van der Waals surface area contributed by atoms with Crippen molar-refractivity contribution in [3.05, 3.63) is 107 Å². The summed E-state index contributed by atoms with van der Waals surface area (Å²) in [5, 5.41) is 0. The molecule has 3 unspecified atom stereocenters. The highest BCUT2D eigenvalue weighted by molar-refractivity contribution is 5.70. The molecule has 2 aliphatic carbocycles. The summed E-state index contributed by atoms with van der Waals surface area (Å²) in [4.78, 5) is 5.14. The Morgan fingerprint density at radius 1 is 0.966 bits per heavy atom. The third-order valence-electron chi connectivity index (χ3n) is 6.84. The van der Waals surface area contributed by atoms with Crippen molar-refractivity contribution >= 4 is 11.4 Å². The summed E-state index contributed by atoms with van der Waals surface area (Å²) in [7, 11) is 0. The van der Waals surface area contributed by atoms with Gasteiger partial charge in [0.25, 0.3) is 0 Å². The Labute approximate surface area is 173 Å². The van der Waals surface area contributed by atoms with Gasteiger partial charge in [-0.3, -0.25) is 0 Å². The fourth-order valence-electron chi connectivity index (χ4n) is 5.51. The smallest absolute Gasteiger partial charge is 0.0588 e. The maximum atomic E-state index is 2.63. The summed E-state index contributed by atoms with van der Waals surface area (Å²) >= 11 is 0. The molecule has 0 spiro atoms. The monoisotopic (exact) mass is 378 g/mol. The summed E-state index contributed by atoms with van der Waals surface area (Å²) < 4.78 is 0. The number of aryl methyl sites for hydroxylation is 1. The highest BCUT2D eigenvalue weighted by Gasteiger charge is 2.40. The van der Waals surface area contributed by atoms with Crippen molar-refractivity contribution in [1.29, 1.82) is 0 Å². The van der Waals surface area contributed by atoms with Gasteiger partial charge in [0.15, 0.2) is 0 Å². The van der Waals surface area contributed by atoms with E-state index in [1.807, 2.05) is 0 Å². The Kier molecular flexibility index (Phi) is 3.80. The molecule has 2 heteroatoms. The third-order valence-corrected chi connectivity index (χ3v) is 6.84. The molecule has 0 aromatic heterocycles. The second kappa shape index (κ2) is 6.52. The molecule has 2 aromatic carbocycles. The van der Waals surface area contributed by atoms with Crippen LogP contribution in [0.5, 0.6) is 0 Å². The summed E-state index contributed by atoms with van der Waals surface area (Å²) in [6.45, 7) is 3.26. The Balaban J connectivity index is 1.38. The van der Waals surface area contributed by atoms with E-state index in [1.165, 1.54) is 33.8 Å².